The fourth-order valence-corrected chi connectivity index (χ4v) is 2.78. The molecule has 0 bridgehead atoms. The second-order valence-electron chi connectivity index (χ2n) is 3.72. The zero-order chi connectivity index (χ0) is 13.8. The number of benzene rings is 1. The number of ether oxygens (including phenoxy) is 2. The van der Waals surface area contributed by atoms with Gasteiger partial charge >= 0.3 is 0 Å². The number of nitrogens with one attached hydrogen (secondary N) is 1. The van der Waals surface area contributed by atoms with Gasteiger partial charge in [-0.05, 0) is 19.1 Å². The average molecular weight is 275 g/mol. The SMILES string of the molecule is COc1ccc(OC)c(S(=O)(=O)N[C@H](C)CO)c1. The zero-order valence-corrected chi connectivity index (χ0v) is 11.3. The van der Waals surface area contributed by atoms with Gasteiger partial charge in [-0.2, -0.15) is 0 Å². The molecule has 1 atom stereocenters. The van der Waals surface area contributed by atoms with E-state index in [1.54, 1.807) is 13.0 Å². The third-order valence-electron chi connectivity index (χ3n) is 2.29. The second kappa shape index (κ2) is 6.03. The Labute approximate surface area is 107 Å². The minimum absolute atomic E-state index is 0.0235. The van der Waals surface area contributed by atoms with Crippen molar-refractivity contribution < 1.29 is 23.0 Å². The standard InChI is InChI=1S/C11H17NO5S/c1-8(7-13)12-18(14,15)11-6-9(16-2)4-5-10(11)17-3/h4-6,8,12-13H,7H2,1-3H3/t8-/m1/s1. The van der Waals surface area contributed by atoms with Crippen LogP contribution >= 0.6 is 0 Å². The monoisotopic (exact) mass is 275 g/mol. The molecule has 0 amide bonds. The van der Waals surface area contributed by atoms with Crippen LogP contribution in [-0.4, -0.2) is 40.4 Å². The van der Waals surface area contributed by atoms with Crippen LogP contribution in [0.4, 0.5) is 0 Å². The lowest BCUT2D eigenvalue weighted by Crippen LogP contribution is -2.35. The molecule has 1 aromatic carbocycles. The molecule has 6 nitrogen and oxygen atoms in total. The van der Waals surface area contributed by atoms with Crippen LogP contribution in [0, 0.1) is 0 Å². The first kappa shape index (κ1) is 14.7. The molecule has 0 unspecified atom stereocenters. The third kappa shape index (κ3) is 3.34. The summed E-state index contributed by atoms with van der Waals surface area (Å²) in [4.78, 5) is -0.0235. The van der Waals surface area contributed by atoms with E-state index in [2.05, 4.69) is 4.72 Å². The predicted octanol–water partition coefficient (Wildman–Crippen LogP) is 0.363. The summed E-state index contributed by atoms with van der Waals surface area (Å²) in [7, 11) is -0.930. The topological polar surface area (TPSA) is 84.9 Å². The zero-order valence-electron chi connectivity index (χ0n) is 10.5. The Morgan fingerprint density at radius 2 is 2.00 bits per heavy atom. The van der Waals surface area contributed by atoms with E-state index in [-0.39, 0.29) is 17.3 Å². The highest BCUT2D eigenvalue weighted by Crippen LogP contribution is 2.28. The molecular formula is C11H17NO5S. The van der Waals surface area contributed by atoms with Gasteiger partial charge in [0.25, 0.3) is 0 Å². The molecule has 0 aliphatic carbocycles. The summed E-state index contributed by atoms with van der Waals surface area (Å²) in [6.45, 7) is 1.27. The normalized spacial score (nSPS) is 13.1. The van der Waals surface area contributed by atoms with Gasteiger partial charge < -0.3 is 14.6 Å². The molecule has 1 rings (SSSR count). The van der Waals surface area contributed by atoms with Crippen LogP contribution in [0.5, 0.6) is 11.5 Å². The van der Waals surface area contributed by atoms with Gasteiger partial charge in [0.05, 0.1) is 20.8 Å². The molecule has 2 N–H and O–H groups in total. The Morgan fingerprint density at radius 1 is 1.33 bits per heavy atom. The first-order valence-electron chi connectivity index (χ1n) is 5.29. The van der Waals surface area contributed by atoms with Gasteiger partial charge in [0.1, 0.15) is 16.4 Å². The van der Waals surface area contributed by atoms with Crippen LogP contribution in [-0.2, 0) is 10.0 Å². The van der Waals surface area contributed by atoms with Crippen molar-refractivity contribution in [1.29, 1.82) is 0 Å². The van der Waals surface area contributed by atoms with Crippen molar-refractivity contribution in [2.45, 2.75) is 17.9 Å². The van der Waals surface area contributed by atoms with Gasteiger partial charge in [-0.1, -0.05) is 0 Å². The van der Waals surface area contributed by atoms with Crippen LogP contribution in [0.1, 0.15) is 6.92 Å². The fourth-order valence-electron chi connectivity index (χ4n) is 1.36. The Bertz CT molecular complexity index is 500. The maximum absolute atomic E-state index is 12.1. The van der Waals surface area contributed by atoms with Crippen molar-refractivity contribution >= 4 is 10.0 Å². The highest BCUT2D eigenvalue weighted by atomic mass is 32.2. The van der Waals surface area contributed by atoms with E-state index >= 15 is 0 Å². The maximum Gasteiger partial charge on any atom is 0.244 e. The molecule has 0 radical (unpaired) electrons. The molecule has 7 heteroatoms. The minimum Gasteiger partial charge on any atom is -0.497 e. The summed E-state index contributed by atoms with van der Waals surface area (Å²) >= 11 is 0. The summed E-state index contributed by atoms with van der Waals surface area (Å²) in [5.74, 6) is 0.626. The molecule has 18 heavy (non-hydrogen) atoms. The number of hydrogen-bond acceptors (Lipinski definition) is 5. The Hall–Kier alpha value is -1.31. The van der Waals surface area contributed by atoms with E-state index in [0.29, 0.717) is 5.75 Å². The lowest BCUT2D eigenvalue weighted by Gasteiger charge is -2.14. The van der Waals surface area contributed by atoms with Crippen molar-refractivity contribution in [1.82, 2.24) is 4.72 Å². The van der Waals surface area contributed by atoms with Crippen molar-refractivity contribution in [2.75, 3.05) is 20.8 Å². The van der Waals surface area contributed by atoms with Gasteiger partial charge in [-0.25, -0.2) is 13.1 Å². The van der Waals surface area contributed by atoms with Gasteiger partial charge in [0.2, 0.25) is 10.0 Å². The van der Waals surface area contributed by atoms with Gasteiger partial charge in [0.15, 0.2) is 0 Å². The number of aliphatic hydroxyl groups excluding tert-OH is 1. The van der Waals surface area contributed by atoms with E-state index in [1.807, 2.05) is 0 Å². The van der Waals surface area contributed by atoms with E-state index in [9.17, 15) is 8.42 Å². The number of methoxy groups -OCH3 is 2. The van der Waals surface area contributed by atoms with Gasteiger partial charge in [-0.15, -0.1) is 0 Å². The quantitative estimate of drug-likeness (QED) is 0.783. The van der Waals surface area contributed by atoms with Crippen molar-refractivity contribution in [3.8, 4) is 11.5 Å². The maximum atomic E-state index is 12.1. The summed E-state index contributed by atoms with van der Waals surface area (Å²) in [6.07, 6.45) is 0. The summed E-state index contributed by atoms with van der Waals surface area (Å²) in [5.41, 5.74) is 0. The average Bonchev–Trinajstić information content (AvgIpc) is 2.37. The van der Waals surface area contributed by atoms with Crippen LogP contribution in [0.25, 0.3) is 0 Å². The van der Waals surface area contributed by atoms with E-state index in [1.165, 1.54) is 26.4 Å². The van der Waals surface area contributed by atoms with Crippen LogP contribution in [0.3, 0.4) is 0 Å². The van der Waals surface area contributed by atoms with Crippen LogP contribution < -0.4 is 14.2 Å². The first-order chi connectivity index (χ1) is 8.44. The molecule has 0 aliphatic heterocycles. The first-order valence-corrected chi connectivity index (χ1v) is 6.78. The van der Waals surface area contributed by atoms with Gasteiger partial charge in [-0.3, -0.25) is 0 Å². The largest absolute Gasteiger partial charge is 0.497 e. The number of sulfonamides is 1. The summed E-state index contributed by atoms with van der Waals surface area (Å²) < 4.78 is 36.5. The molecule has 0 heterocycles. The molecule has 0 saturated heterocycles. The molecule has 0 saturated carbocycles. The van der Waals surface area contributed by atoms with E-state index in [0.717, 1.165) is 0 Å². The lowest BCUT2D eigenvalue weighted by molar-refractivity contribution is 0.265. The minimum atomic E-state index is -3.76. The molecule has 0 aliphatic rings. The van der Waals surface area contributed by atoms with E-state index in [4.69, 9.17) is 14.6 Å². The highest BCUT2D eigenvalue weighted by Gasteiger charge is 2.22. The summed E-state index contributed by atoms with van der Waals surface area (Å²) in [6, 6.07) is 3.90. The fraction of sp³-hybridized carbons (Fsp3) is 0.455. The second-order valence-corrected chi connectivity index (χ2v) is 5.40. The summed E-state index contributed by atoms with van der Waals surface area (Å²) in [5, 5.41) is 8.89. The molecule has 0 aromatic heterocycles. The van der Waals surface area contributed by atoms with E-state index < -0.39 is 16.1 Å². The number of aliphatic hydroxyl groups is 1. The Kier molecular flexibility index (Phi) is 4.94. The molecule has 102 valence electrons. The number of hydrogen-bond donors (Lipinski definition) is 2. The van der Waals surface area contributed by atoms with Crippen molar-refractivity contribution in [3.05, 3.63) is 18.2 Å². The molecular weight excluding hydrogens is 258 g/mol. The predicted molar refractivity (Wildman–Crippen MR) is 66.4 cm³/mol. The van der Waals surface area contributed by atoms with Crippen molar-refractivity contribution in [3.63, 3.8) is 0 Å². The number of rotatable bonds is 6. The lowest BCUT2D eigenvalue weighted by atomic mass is 10.3. The highest BCUT2D eigenvalue weighted by molar-refractivity contribution is 7.89. The smallest absolute Gasteiger partial charge is 0.244 e. The third-order valence-corrected chi connectivity index (χ3v) is 3.90. The molecule has 0 fully saturated rings. The molecule has 1 aromatic rings. The van der Waals surface area contributed by atoms with Crippen molar-refractivity contribution in [2.24, 2.45) is 0 Å². The molecule has 0 spiro atoms. The van der Waals surface area contributed by atoms with Crippen LogP contribution in [0.15, 0.2) is 23.1 Å². The Balaban J connectivity index is 3.20. The Morgan fingerprint density at radius 3 is 2.50 bits per heavy atom. The van der Waals surface area contributed by atoms with Crippen LogP contribution in [0.2, 0.25) is 0 Å². The van der Waals surface area contributed by atoms with Gasteiger partial charge in [0, 0.05) is 12.1 Å².